The number of hydrogen-bond donors (Lipinski definition) is 0. The van der Waals surface area contributed by atoms with Crippen LogP contribution in [0.4, 0.5) is 0 Å². The number of ketones is 1. The third-order valence-corrected chi connectivity index (χ3v) is 4.96. The van der Waals surface area contributed by atoms with Crippen LogP contribution in [0, 0.1) is 16.7 Å². The summed E-state index contributed by atoms with van der Waals surface area (Å²) in [4.78, 5) is 23.4. The minimum Gasteiger partial charge on any atom is -0.469 e. The van der Waals surface area contributed by atoms with Gasteiger partial charge in [-0.15, -0.1) is 0 Å². The Bertz CT molecular complexity index is 570. The van der Waals surface area contributed by atoms with Crippen molar-refractivity contribution in [1.29, 1.82) is 5.26 Å². The van der Waals surface area contributed by atoms with Crippen LogP contribution in [0.3, 0.4) is 0 Å². The fraction of sp³-hybridized carbons (Fsp3) is 0.438. The fourth-order valence-corrected chi connectivity index (χ4v) is 3.38. The SMILES string of the molecule is COC(=O)CC1(CSCC(=O)c2ccc(C#N)cc2)CC1. The van der Waals surface area contributed by atoms with Crippen LogP contribution in [0.5, 0.6) is 0 Å². The predicted molar refractivity (Wildman–Crippen MR) is 81.1 cm³/mol. The molecule has 1 aromatic rings. The second kappa shape index (κ2) is 6.77. The van der Waals surface area contributed by atoms with Gasteiger partial charge in [-0.05, 0) is 36.1 Å². The number of thioether (sulfide) groups is 1. The van der Waals surface area contributed by atoms with Gasteiger partial charge in [0.1, 0.15) is 0 Å². The van der Waals surface area contributed by atoms with Crippen molar-refractivity contribution in [3.63, 3.8) is 0 Å². The topological polar surface area (TPSA) is 67.2 Å². The van der Waals surface area contributed by atoms with Crippen molar-refractivity contribution < 1.29 is 14.3 Å². The normalized spacial score (nSPS) is 15.0. The molecule has 5 heteroatoms. The number of carbonyl (C=O) groups excluding carboxylic acids is 2. The molecule has 0 N–H and O–H groups in total. The molecule has 110 valence electrons. The van der Waals surface area contributed by atoms with E-state index in [2.05, 4.69) is 0 Å². The van der Waals surface area contributed by atoms with E-state index in [4.69, 9.17) is 10.00 Å². The Hall–Kier alpha value is -1.80. The molecule has 21 heavy (non-hydrogen) atoms. The summed E-state index contributed by atoms with van der Waals surface area (Å²) >= 11 is 1.57. The van der Waals surface area contributed by atoms with Crippen molar-refractivity contribution in [1.82, 2.24) is 0 Å². The van der Waals surface area contributed by atoms with Gasteiger partial charge >= 0.3 is 5.97 Å². The van der Waals surface area contributed by atoms with Gasteiger partial charge in [-0.25, -0.2) is 0 Å². The first-order chi connectivity index (χ1) is 10.1. The third kappa shape index (κ3) is 4.33. The molecule has 1 aliphatic carbocycles. The van der Waals surface area contributed by atoms with E-state index in [-0.39, 0.29) is 17.2 Å². The molecule has 0 amide bonds. The van der Waals surface area contributed by atoms with Gasteiger partial charge in [0.2, 0.25) is 0 Å². The predicted octanol–water partition coefficient (Wildman–Crippen LogP) is 2.82. The van der Waals surface area contributed by atoms with E-state index in [1.807, 2.05) is 6.07 Å². The first-order valence-corrected chi connectivity index (χ1v) is 7.92. The zero-order chi connectivity index (χ0) is 15.3. The summed E-state index contributed by atoms with van der Waals surface area (Å²) < 4.78 is 4.70. The van der Waals surface area contributed by atoms with Crippen molar-refractivity contribution in [2.45, 2.75) is 19.3 Å². The lowest BCUT2D eigenvalue weighted by molar-refractivity contribution is -0.141. The van der Waals surface area contributed by atoms with Gasteiger partial charge in [0.15, 0.2) is 5.78 Å². The van der Waals surface area contributed by atoms with E-state index in [1.54, 1.807) is 36.0 Å². The van der Waals surface area contributed by atoms with Crippen LogP contribution in [-0.4, -0.2) is 30.4 Å². The maximum atomic E-state index is 12.0. The Morgan fingerprint density at radius 1 is 1.33 bits per heavy atom. The number of esters is 1. The van der Waals surface area contributed by atoms with Gasteiger partial charge in [0.25, 0.3) is 0 Å². The van der Waals surface area contributed by atoms with Crippen molar-refractivity contribution in [2.75, 3.05) is 18.6 Å². The molecule has 0 bridgehead atoms. The van der Waals surface area contributed by atoms with Crippen molar-refractivity contribution in [2.24, 2.45) is 5.41 Å². The number of rotatable bonds is 7. The number of hydrogen-bond acceptors (Lipinski definition) is 5. The molecule has 1 aliphatic rings. The molecular weight excluding hydrogens is 286 g/mol. The maximum Gasteiger partial charge on any atom is 0.306 e. The lowest BCUT2D eigenvalue weighted by atomic mass is 10.1. The molecule has 4 nitrogen and oxygen atoms in total. The number of carbonyl (C=O) groups is 2. The van der Waals surface area contributed by atoms with Crippen LogP contribution in [0.2, 0.25) is 0 Å². The summed E-state index contributed by atoms with van der Waals surface area (Å²) in [6.45, 7) is 0. The molecular formula is C16H17NO3S. The van der Waals surface area contributed by atoms with E-state index < -0.39 is 0 Å². The first kappa shape index (κ1) is 15.6. The molecule has 0 radical (unpaired) electrons. The van der Waals surface area contributed by atoms with Gasteiger partial charge in [0, 0.05) is 5.56 Å². The van der Waals surface area contributed by atoms with Crippen molar-refractivity contribution in [3.05, 3.63) is 35.4 Å². The minimum absolute atomic E-state index is 0.0444. The van der Waals surface area contributed by atoms with Crippen LogP contribution < -0.4 is 0 Å². The van der Waals surface area contributed by atoms with Crippen LogP contribution in [0.1, 0.15) is 35.2 Å². The van der Waals surface area contributed by atoms with Gasteiger partial charge in [-0.2, -0.15) is 17.0 Å². The second-order valence-electron chi connectivity index (χ2n) is 5.36. The van der Waals surface area contributed by atoms with Crippen LogP contribution in [-0.2, 0) is 9.53 Å². The van der Waals surface area contributed by atoms with E-state index in [9.17, 15) is 9.59 Å². The molecule has 0 unspecified atom stereocenters. The van der Waals surface area contributed by atoms with E-state index >= 15 is 0 Å². The first-order valence-electron chi connectivity index (χ1n) is 6.76. The molecule has 1 aromatic carbocycles. The summed E-state index contributed by atoms with van der Waals surface area (Å²) in [5.74, 6) is 1.09. The molecule has 1 fully saturated rings. The zero-order valence-corrected chi connectivity index (χ0v) is 12.7. The number of nitriles is 1. The van der Waals surface area contributed by atoms with Crippen molar-refractivity contribution >= 4 is 23.5 Å². The van der Waals surface area contributed by atoms with Crippen LogP contribution in [0.15, 0.2) is 24.3 Å². The molecule has 0 heterocycles. The highest BCUT2D eigenvalue weighted by atomic mass is 32.2. The lowest BCUT2D eigenvalue weighted by Crippen LogP contribution is -2.14. The average Bonchev–Trinajstić information content (AvgIpc) is 3.26. The van der Waals surface area contributed by atoms with Gasteiger partial charge < -0.3 is 4.74 Å². The van der Waals surface area contributed by atoms with Crippen LogP contribution >= 0.6 is 11.8 Å². The fourth-order valence-electron chi connectivity index (χ4n) is 2.10. The van der Waals surface area contributed by atoms with Crippen LogP contribution in [0.25, 0.3) is 0 Å². The maximum absolute atomic E-state index is 12.0. The Balaban J connectivity index is 1.79. The Morgan fingerprint density at radius 3 is 2.52 bits per heavy atom. The number of ether oxygens (including phenoxy) is 1. The second-order valence-corrected chi connectivity index (χ2v) is 6.34. The number of benzene rings is 1. The zero-order valence-electron chi connectivity index (χ0n) is 11.9. The molecule has 0 atom stereocenters. The molecule has 0 saturated heterocycles. The molecule has 1 saturated carbocycles. The van der Waals surface area contributed by atoms with Crippen molar-refractivity contribution in [3.8, 4) is 6.07 Å². The van der Waals surface area contributed by atoms with Gasteiger partial charge in [-0.1, -0.05) is 12.1 Å². The lowest BCUT2D eigenvalue weighted by Gasteiger charge is -2.12. The summed E-state index contributed by atoms with van der Waals surface area (Å²) in [6.07, 6.45) is 2.50. The summed E-state index contributed by atoms with van der Waals surface area (Å²) in [7, 11) is 1.40. The Kier molecular flexibility index (Phi) is 5.03. The Morgan fingerprint density at radius 2 is 2.00 bits per heavy atom. The smallest absolute Gasteiger partial charge is 0.306 e. The highest BCUT2D eigenvalue weighted by molar-refractivity contribution is 8.00. The molecule has 0 spiro atoms. The number of Topliss-reactive ketones (excluding diaryl/α,β-unsaturated/α-hetero) is 1. The third-order valence-electron chi connectivity index (χ3n) is 3.68. The van der Waals surface area contributed by atoms with Gasteiger partial charge in [-0.3, -0.25) is 9.59 Å². The summed E-state index contributed by atoms with van der Waals surface area (Å²) in [6, 6.07) is 8.70. The number of nitrogens with zero attached hydrogens (tertiary/aromatic N) is 1. The van der Waals surface area contributed by atoms with E-state index in [1.165, 1.54) is 7.11 Å². The summed E-state index contributed by atoms with van der Waals surface area (Å²) in [5.41, 5.74) is 1.22. The number of methoxy groups -OCH3 is 1. The monoisotopic (exact) mass is 303 g/mol. The van der Waals surface area contributed by atoms with E-state index in [0.717, 1.165) is 18.6 Å². The molecule has 2 rings (SSSR count). The average molecular weight is 303 g/mol. The van der Waals surface area contributed by atoms with Gasteiger partial charge in [0.05, 0.1) is 30.9 Å². The minimum atomic E-state index is -0.175. The quantitative estimate of drug-likeness (QED) is 0.572. The van der Waals surface area contributed by atoms with E-state index in [0.29, 0.717) is 23.3 Å². The highest BCUT2D eigenvalue weighted by Gasteiger charge is 2.44. The standard InChI is InChI=1S/C16H17NO3S/c1-20-15(19)8-16(6-7-16)11-21-10-14(18)13-4-2-12(9-17)3-5-13/h2-5H,6-8,10-11H2,1H3. The Labute approximate surface area is 128 Å². The molecule has 0 aromatic heterocycles. The highest BCUT2D eigenvalue weighted by Crippen LogP contribution is 2.51. The largest absolute Gasteiger partial charge is 0.469 e. The summed E-state index contributed by atoms with van der Waals surface area (Å²) in [5, 5.41) is 8.72. The molecule has 0 aliphatic heterocycles.